The van der Waals surface area contributed by atoms with Gasteiger partial charge in [0, 0.05) is 10.8 Å². The Morgan fingerprint density at radius 3 is 2.67 bits per heavy atom. The van der Waals surface area contributed by atoms with Crippen molar-refractivity contribution in [1.82, 2.24) is 5.32 Å². The van der Waals surface area contributed by atoms with Crippen molar-refractivity contribution in [3.8, 4) is 0 Å². The molecule has 8 heteroatoms. The van der Waals surface area contributed by atoms with Crippen molar-refractivity contribution in [1.29, 1.82) is 0 Å². The van der Waals surface area contributed by atoms with Crippen LogP contribution in [0.25, 0.3) is 0 Å². The fourth-order valence-corrected chi connectivity index (χ4v) is 2.52. The van der Waals surface area contributed by atoms with Crippen LogP contribution in [0.15, 0.2) is 24.3 Å². The van der Waals surface area contributed by atoms with E-state index in [0.717, 1.165) is 5.56 Å². The number of amides is 2. The van der Waals surface area contributed by atoms with Crippen LogP contribution in [0.2, 0.25) is 5.02 Å². The second-order valence-electron chi connectivity index (χ2n) is 4.25. The Hall–Kier alpha value is -1.73. The number of rotatable bonds is 8. The number of benzene rings is 1. The van der Waals surface area contributed by atoms with Crippen LogP contribution in [-0.4, -0.2) is 34.7 Å². The molecule has 1 rings (SSSR count). The molecule has 0 aliphatic heterocycles. The molecule has 1 unspecified atom stereocenters. The van der Waals surface area contributed by atoms with Crippen LogP contribution in [0.3, 0.4) is 0 Å². The number of hydrogen-bond acceptors (Lipinski definition) is 4. The van der Waals surface area contributed by atoms with Gasteiger partial charge < -0.3 is 16.2 Å². The summed E-state index contributed by atoms with van der Waals surface area (Å²) in [4.78, 5) is 33.2. The fraction of sp³-hybridized carbons (Fsp3) is 0.308. The van der Waals surface area contributed by atoms with Gasteiger partial charge >= 0.3 is 5.97 Å². The summed E-state index contributed by atoms with van der Waals surface area (Å²) in [7, 11) is 0. The van der Waals surface area contributed by atoms with Gasteiger partial charge in [0.1, 0.15) is 6.04 Å². The molecule has 1 aromatic carbocycles. The number of primary amides is 1. The number of aliphatic carboxylic acids is 1. The van der Waals surface area contributed by atoms with E-state index in [-0.39, 0.29) is 5.75 Å². The van der Waals surface area contributed by atoms with Crippen LogP contribution in [-0.2, 0) is 20.1 Å². The fourth-order valence-electron chi connectivity index (χ4n) is 1.53. The second kappa shape index (κ2) is 8.53. The Morgan fingerprint density at radius 1 is 1.38 bits per heavy atom. The number of carbonyl (C=O) groups excluding carboxylic acids is 2. The van der Waals surface area contributed by atoms with E-state index in [2.05, 4.69) is 5.32 Å². The van der Waals surface area contributed by atoms with E-state index in [1.165, 1.54) is 11.8 Å². The van der Waals surface area contributed by atoms with Crippen molar-refractivity contribution in [2.24, 2.45) is 5.73 Å². The average Bonchev–Trinajstić information content (AvgIpc) is 2.37. The van der Waals surface area contributed by atoms with Crippen molar-refractivity contribution in [3.63, 3.8) is 0 Å². The molecule has 0 aliphatic rings. The second-order valence-corrected chi connectivity index (χ2v) is 5.67. The number of nitrogens with one attached hydrogen (secondary N) is 1. The van der Waals surface area contributed by atoms with Gasteiger partial charge in [0.05, 0.1) is 12.2 Å². The number of hydrogen-bond donors (Lipinski definition) is 3. The molecule has 0 radical (unpaired) electrons. The van der Waals surface area contributed by atoms with E-state index in [9.17, 15) is 14.4 Å². The molecule has 0 aliphatic carbocycles. The minimum atomic E-state index is -1.29. The maximum absolute atomic E-state index is 11.6. The third-order valence-electron chi connectivity index (χ3n) is 2.43. The van der Waals surface area contributed by atoms with Crippen LogP contribution >= 0.6 is 23.4 Å². The molecule has 0 aromatic heterocycles. The summed E-state index contributed by atoms with van der Waals surface area (Å²) in [5, 5.41) is 11.7. The topological polar surface area (TPSA) is 109 Å². The largest absolute Gasteiger partial charge is 0.480 e. The number of halogens is 1. The molecule has 0 saturated carbocycles. The summed E-state index contributed by atoms with van der Waals surface area (Å²) < 4.78 is 0. The zero-order chi connectivity index (χ0) is 15.8. The summed E-state index contributed by atoms with van der Waals surface area (Å²) in [6.07, 6.45) is -0.431. The smallest absolute Gasteiger partial charge is 0.326 e. The van der Waals surface area contributed by atoms with Gasteiger partial charge in [-0.05, 0) is 17.7 Å². The van der Waals surface area contributed by atoms with Gasteiger partial charge in [-0.2, -0.15) is 0 Å². The minimum Gasteiger partial charge on any atom is -0.480 e. The third kappa shape index (κ3) is 7.01. The van der Waals surface area contributed by atoms with Gasteiger partial charge in [0.2, 0.25) is 11.8 Å². The normalized spacial score (nSPS) is 11.7. The molecule has 0 heterocycles. The standard InChI is InChI=1S/C13H15ClN2O4S/c14-9-3-1-2-8(4-9)6-21-7-12(18)16-10(13(19)20)5-11(15)17/h1-4,10H,5-7H2,(H2,15,17)(H,16,18)(H,19,20). The lowest BCUT2D eigenvalue weighted by atomic mass is 10.2. The number of carboxylic acids is 1. The molecule has 4 N–H and O–H groups in total. The minimum absolute atomic E-state index is 0.0784. The number of carboxylic acid groups (broad SMARTS) is 1. The summed E-state index contributed by atoms with van der Waals surface area (Å²) in [6.45, 7) is 0. The Morgan fingerprint density at radius 2 is 2.10 bits per heavy atom. The predicted molar refractivity (Wildman–Crippen MR) is 81.0 cm³/mol. The Labute approximate surface area is 131 Å². The molecule has 0 spiro atoms. The van der Waals surface area contributed by atoms with Crippen molar-refractivity contribution in [2.45, 2.75) is 18.2 Å². The zero-order valence-electron chi connectivity index (χ0n) is 11.0. The first-order valence-corrected chi connectivity index (χ1v) is 7.54. The van der Waals surface area contributed by atoms with Gasteiger partial charge in [0.15, 0.2) is 0 Å². The monoisotopic (exact) mass is 330 g/mol. The quantitative estimate of drug-likeness (QED) is 0.659. The maximum atomic E-state index is 11.6. The summed E-state index contributed by atoms with van der Waals surface area (Å²) in [6, 6.07) is 5.94. The van der Waals surface area contributed by atoms with Crippen LogP contribution in [0.4, 0.5) is 0 Å². The Balaban J connectivity index is 2.39. The number of thioether (sulfide) groups is 1. The molecule has 0 fully saturated rings. The Bertz CT molecular complexity index is 539. The molecular formula is C13H15ClN2O4S. The summed E-state index contributed by atoms with van der Waals surface area (Å²) >= 11 is 7.16. The van der Waals surface area contributed by atoms with Gasteiger partial charge in [-0.25, -0.2) is 4.79 Å². The van der Waals surface area contributed by atoms with Crippen LogP contribution in [0, 0.1) is 0 Å². The highest BCUT2D eigenvalue weighted by Gasteiger charge is 2.21. The molecule has 21 heavy (non-hydrogen) atoms. The molecule has 1 atom stereocenters. The van der Waals surface area contributed by atoms with Gasteiger partial charge in [0.25, 0.3) is 0 Å². The SMILES string of the molecule is NC(=O)CC(NC(=O)CSCc1cccc(Cl)c1)C(=O)O. The predicted octanol–water partition coefficient (Wildman–Crippen LogP) is 1.02. The highest BCUT2D eigenvalue weighted by atomic mass is 35.5. The maximum Gasteiger partial charge on any atom is 0.326 e. The van der Waals surface area contributed by atoms with Crippen LogP contribution in [0.5, 0.6) is 0 Å². The first-order valence-electron chi connectivity index (χ1n) is 6.01. The number of carbonyl (C=O) groups is 3. The molecule has 1 aromatic rings. The molecule has 114 valence electrons. The zero-order valence-corrected chi connectivity index (χ0v) is 12.6. The van der Waals surface area contributed by atoms with Crippen molar-refractivity contribution >= 4 is 41.1 Å². The van der Waals surface area contributed by atoms with Crippen LogP contribution < -0.4 is 11.1 Å². The molecule has 0 bridgehead atoms. The van der Waals surface area contributed by atoms with E-state index in [1.807, 2.05) is 12.1 Å². The van der Waals surface area contributed by atoms with Crippen molar-refractivity contribution in [3.05, 3.63) is 34.9 Å². The lowest BCUT2D eigenvalue weighted by Crippen LogP contribution is -2.44. The van der Waals surface area contributed by atoms with Gasteiger partial charge in [-0.15, -0.1) is 11.8 Å². The van der Waals surface area contributed by atoms with Gasteiger partial charge in [-0.3, -0.25) is 9.59 Å². The first-order chi connectivity index (χ1) is 9.88. The Kier molecular flexibility index (Phi) is 7.04. The number of nitrogens with two attached hydrogens (primary N) is 1. The van der Waals surface area contributed by atoms with E-state index in [0.29, 0.717) is 10.8 Å². The van der Waals surface area contributed by atoms with Gasteiger partial charge in [-0.1, -0.05) is 23.7 Å². The lowest BCUT2D eigenvalue weighted by Gasteiger charge is -2.12. The third-order valence-corrected chi connectivity index (χ3v) is 3.67. The van der Waals surface area contributed by atoms with E-state index >= 15 is 0 Å². The van der Waals surface area contributed by atoms with E-state index in [4.69, 9.17) is 22.4 Å². The highest BCUT2D eigenvalue weighted by Crippen LogP contribution is 2.16. The summed E-state index contributed by atoms with van der Waals surface area (Å²) in [5.41, 5.74) is 5.89. The van der Waals surface area contributed by atoms with Crippen LogP contribution in [0.1, 0.15) is 12.0 Å². The van der Waals surface area contributed by atoms with Crippen molar-refractivity contribution < 1.29 is 19.5 Å². The molecular weight excluding hydrogens is 316 g/mol. The average molecular weight is 331 g/mol. The summed E-state index contributed by atoms with van der Waals surface area (Å²) in [5.74, 6) is -1.89. The highest BCUT2D eigenvalue weighted by molar-refractivity contribution is 7.99. The van der Waals surface area contributed by atoms with E-state index < -0.39 is 30.2 Å². The van der Waals surface area contributed by atoms with E-state index in [1.54, 1.807) is 12.1 Å². The first kappa shape index (κ1) is 17.3. The molecule has 0 saturated heterocycles. The lowest BCUT2D eigenvalue weighted by molar-refractivity contribution is -0.143. The van der Waals surface area contributed by atoms with Crippen molar-refractivity contribution in [2.75, 3.05) is 5.75 Å². The molecule has 2 amide bonds. The molecule has 6 nitrogen and oxygen atoms in total.